The van der Waals surface area contributed by atoms with Crippen LogP contribution in [0.2, 0.25) is 0 Å². The van der Waals surface area contributed by atoms with Crippen molar-refractivity contribution in [3.05, 3.63) is 78.9 Å². The highest BCUT2D eigenvalue weighted by atomic mass is 127. The lowest BCUT2D eigenvalue weighted by Gasteiger charge is -2.16. The fraction of sp³-hybridized carbons (Fsp3) is 0.280. The monoisotopic (exact) mass is 470 g/mol. The van der Waals surface area contributed by atoms with E-state index in [0.717, 1.165) is 18.8 Å². The first-order valence-corrected chi connectivity index (χ1v) is 11.4. The first-order chi connectivity index (χ1) is 13.4. The summed E-state index contributed by atoms with van der Waals surface area (Å²) >= 11 is 2.46. The van der Waals surface area contributed by atoms with E-state index in [1.54, 1.807) is 0 Å². The van der Waals surface area contributed by atoms with Gasteiger partial charge in [-0.15, -0.1) is 0 Å². The molecule has 0 radical (unpaired) electrons. The minimum atomic E-state index is 0.780. The molecule has 0 saturated carbocycles. The lowest BCUT2D eigenvalue weighted by molar-refractivity contribution is 0.306. The van der Waals surface area contributed by atoms with E-state index in [1.807, 2.05) is 0 Å². The van der Waals surface area contributed by atoms with Crippen LogP contribution in [-0.4, -0.2) is 11.0 Å². The van der Waals surface area contributed by atoms with E-state index in [9.17, 15) is 0 Å². The molecule has 0 aliphatic carbocycles. The molecule has 0 heterocycles. The number of unbranched alkanes of at least 4 members (excludes halogenated alkanes) is 4. The number of alkyl halides is 1. The third-order valence-electron chi connectivity index (χ3n) is 4.71. The molecule has 3 aromatic carbocycles. The second-order valence-electron chi connectivity index (χ2n) is 6.72. The summed E-state index contributed by atoms with van der Waals surface area (Å²) < 4.78 is 7.52. The van der Waals surface area contributed by atoms with Gasteiger partial charge >= 0.3 is 0 Å². The topological polar surface area (TPSA) is 9.23 Å². The summed E-state index contributed by atoms with van der Waals surface area (Å²) in [6.07, 6.45) is 6.34. The van der Waals surface area contributed by atoms with Gasteiger partial charge in [-0.2, -0.15) is 0 Å². The van der Waals surface area contributed by atoms with Gasteiger partial charge in [0, 0.05) is 5.56 Å². The van der Waals surface area contributed by atoms with Gasteiger partial charge in [0.25, 0.3) is 0 Å². The summed E-state index contributed by atoms with van der Waals surface area (Å²) in [5.41, 5.74) is 4.84. The van der Waals surface area contributed by atoms with E-state index in [2.05, 4.69) is 101 Å². The van der Waals surface area contributed by atoms with Gasteiger partial charge in [-0.05, 0) is 40.0 Å². The number of hydrogen-bond donors (Lipinski definition) is 0. The SMILES string of the molecule is ICCCCCCCOc1cccc(-c2ccccc2)c1-c1ccccc1. The zero-order chi connectivity index (χ0) is 18.7. The molecular formula is C25H27IO. The zero-order valence-electron chi connectivity index (χ0n) is 15.7. The van der Waals surface area contributed by atoms with Crippen molar-refractivity contribution in [3.63, 3.8) is 0 Å². The Morgan fingerprint density at radius 3 is 1.93 bits per heavy atom. The average Bonchev–Trinajstić information content (AvgIpc) is 2.74. The predicted molar refractivity (Wildman–Crippen MR) is 125 cm³/mol. The van der Waals surface area contributed by atoms with Crippen molar-refractivity contribution in [3.8, 4) is 28.0 Å². The summed E-state index contributed by atoms with van der Waals surface area (Å²) in [7, 11) is 0. The van der Waals surface area contributed by atoms with Crippen LogP contribution in [0.15, 0.2) is 78.9 Å². The van der Waals surface area contributed by atoms with Gasteiger partial charge in [0.1, 0.15) is 5.75 Å². The second kappa shape index (κ2) is 11.1. The number of benzene rings is 3. The van der Waals surface area contributed by atoms with Gasteiger partial charge in [-0.1, -0.05) is 115 Å². The molecule has 3 rings (SSSR count). The molecule has 0 aliphatic rings. The van der Waals surface area contributed by atoms with Crippen LogP contribution in [0.3, 0.4) is 0 Å². The first kappa shape index (κ1) is 19.9. The van der Waals surface area contributed by atoms with Gasteiger partial charge in [0.05, 0.1) is 6.61 Å². The Hall–Kier alpha value is -1.81. The van der Waals surface area contributed by atoms with Crippen LogP contribution >= 0.6 is 22.6 Å². The Morgan fingerprint density at radius 2 is 1.22 bits per heavy atom. The van der Waals surface area contributed by atoms with Crippen molar-refractivity contribution < 1.29 is 4.74 Å². The van der Waals surface area contributed by atoms with Crippen molar-refractivity contribution in [2.45, 2.75) is 32.1 Å². The highest BCUT2D eigenvalue weighted by Crippen LogP contribution is 2.39. The Labute approximate surface area is 176 Å². The van der Waals surface area contributed by atoms with Gasteiger partial charge in [0.2, 0.25) is 0 Å². The lowest BCUT2D eigenvalue weighted by Crippen LogP contribution is -2.00. The van der Waals surface area contributed by atoms with Crippen LogP contribution in [0, 0.1) is 0 Å². The van der Waals surface area contributed by atoms with E-state index >= 15 is 0 Å². The molecule has 140 valence electrons. The van der Waals surface area contributed by atoms with E-state index in [1.165, 1.54) is 52.4 Å². The molecule has 2 heteroatoms. The van der Waals surface area contributed by atoms with Crippen molar-refractivity contribution in [2.75, 3.05) is 11.0 Å². The van der Waals surface area contributed by atoms with E-state index in [4.69, 9.17) is 4.74 Å². The Bertz CT molecular complexity index is 799. The molecule has 0 spiro atoms. The van der Waals surface area contributed by atoms with Crippen molar-refractivity contribution in [1.82, 2.24) is 0 Å². The molecular weight excluding hydrogens is 443 g/mol. The number of ether oxygens (including phenoxy) is 1. The quantitative estimate of drug-likeness (QED) is 0.167. The maximum atomic E-state index is 6.26. The predicted octanol–water partition coefficient (Wildman–Crippen LogP) is 7.78. The van der Waals surface area contributed by atoms with E-state index in [-0.39, 0.29) is 0 Å². The Balaban J connectivity index is 1.79. The molecule has 0 fully saturated rings. The van der Waals surface area contributed by atoms with Crippen LogP contribution in [-0.2, 0) is 0 Å². The normalized spacial score (nSPS) is 10.7. The molecule has 0 amide bonds. The maximum absolute atomic E-state index is 6.26. The third kappa shape index (κ3) is 5.83. The highest BCUT2D eigenvalue weighted by molar-refractivity contribution is 14.1. The van der Waals surface area contributed by atoms with Crippen molar-refractivity contribution in [1.29, 1.82) is 0 Å². The molecule has 0 aromatic heterocycles. The molecule has 27 heavy (non-hydrogen) atoms. The van der Waals surface area contributed by atoms with Crippen LogP contribution in [0.1, 0.15) is 32.1 Å². The van der Waals surface area contributed by atoms with Crippen LogP contribution in [0.4, 0.5) is 0 Å². The third-order valence-corrected chi connectivity index (χ3v) is 5.47. The minimum absolute atomic E-state index is 0.780. The fourth-order valence-electron chi connectivity index (χ4n) is 3.32. The standard InChI is InChI=1S/C25H27IO/c26-19-10-2-1-3-11-20-27-24-18-12-17-23(21-13-6-4-7-14-21)25(24)22-15-8-5-9-16-22/h4-9,12-18H,1-3,10-11,19-20H2. The van der Waals surface area contributed by atoms with Crippen LogP contribution in [0.25, 0.3) is 22.3 Å². The maximum Gasteiger partial charge on any atom is 0.127 e. The van der Waals surface area contributed by atoms with E-state index < -0.39 is 0 Å². The Morgan fingerprint density at radius 1 is 0.593 bits per heavy atom. The molecule has 0 saturated heterocycles. The molecule has 0 N–H and O–H groups in total. The summed E-state index contributed by atoms with van der Waals surface area (Å²) in [4.78, 5) is 0. The van der Waals surface area contributed by atoms with Gasteiger partial charge in [-0.25, -0.2) is 0 Å². The molecule has 3 aromatic rings. The number of halogens is 1. The van der Waals surface area contributed by atoms with Crippen molar-refractivity contribution in [2.24, 2.45) is 0 Å². The second-order valence-corrected chi connectivity index (χ2v) is 7.79. The largest absolute Gasteiger partial charge is 0.493 e. The summed E-state index contributed by atoms with van der Waals surface area (Å²) in [5.74, 6) is 0.981. The smallest absolute Gasteiger partial charge is 0.127 e. The van der Waals surface area contributed by atoms with Gasteiger partial charge in [0.15, 0.2) is 0 Å². The highest BCUT2D eigenvalue weighted by Gasteiger charge is 2.13. The first-order valence-electron chi connectivity index (χ1n) is 9.83. The summed E-state index contributed by atoms with van der Waals surface area (Å²) in [6, 6.07) is 27.5. The average molecular weight is 470 g/mol. The molecule has 0 aliphatic heterocycles. The Kier molecular flexibility index (Phi) is 8.22. The molecule has 0 atom stereocenters. The van der Waals surface area contributed by atoms with Crippen LogP contribution in [0.5, 0.6) is 5.75 Å². The molecule has 0 bridgehead atoms. The lowest BCUT2D eigenvalue weighted by atomic mass is 9.94. The molecule has 0 unspecified atom stereocenters. The van der Waals surface area contributed by atoms with Gasteiger partial charge < -0.3 is 4.74 Å². The zero-order valence-corrected chi connectivity index (χ0v) is 17.9. The van der Waals surface area contributed by atoms with Crippen LogP contribution < -0.4 is 4.74 Å². The fourth-order valence-corrected chi connectivity index (χ4v) is 3.86. The number of hydrogen-bond acceptors (Lipinski definition) is 1. The van der Waals surface area contributed by atoms with E-state index in [0.29, 0.717) is 0 Å². The molecule has 1 nitrogen and oxygen atoms in total. The summed E-state index contributed by atoms with van der Waals surface area (Å²) in [5, 5.41) is 0. The van der Waals surface area contributed by atoms with Gasteiger partial charge in [-0.3, -0.25) is 0 Å². The van der Waals surface area contributed by atoms with Crippen molar-refractivity contribution >= 4 is 22.6 Å². The summed E-state index contributed by atoms with van der Waals surface area (Å²) in [6.45, 7) is 0.780. The number of rotatable bonds is 10. The minimum Gasteiger partial charge on any atom is -0.493 e.